The highest BCUT2D eigenvalue weighted by molar-refractivity contribution is 5.31. The molecule has 1 aromatic rings. The highest BCUT2D eigenvalue weighted by Crippen LogP contribution is 2.28. The fourth-order valence-electron chi connectivity index (χ4n) is 2.62. The van der Waals surface area contributed by atoms with Gasteiger partial charge in [-0.3, -0.25) is 0 Å². The van der Waals surface area contributed by atoms with Gasteiger partial charge < -0.3 is 5.32 Å². The van der Waals surface area contributed by atoms with E-state index in [-0.39, 0.29) is 0 Å². The largest absolute Gasteiger partial charge is 0.313 e. The lowest BCUT2D eigenvalue weighted by Gasteiger charge is -2.26. The number of aryl methyl sites for hydroxylation is 2. The van der Waals surface area contributed by atoms with Crippen LogP contribution in [-0.2, 0) is 0 Å². The van der Waals surface area contributed by atoms with E-state index in [0.717, 1.165) is 5.92 Å². The van der Waals surface area contributed by atoms with E-state index in [9.17, 15) is 0 Å². The van der Waals surface area contributed by atoms with Crippen LogP contribution >= 0.6 is 0 Å². The average Bonchev–Trinajstić information content (AvgIpc) is 2.24. The van der Waals surface area contributed by atoms with Crippen molar-refractivity contribution in [2.24, 2.45) is 5.92 Å². The van der Waals surface area contributed by atoms with Crippen LogP contribution in [-0.4, -0.2) is 7.05 Å². The van der Waals surface area contributed by atoms with Gasteiger partial charge in [-0.1, -0.05) is 56.0 Å². The molecule has 0 aliphatic carbocycles. The molecule has 16 heavy (non-hydrogen) atoms. The first-order chi connectivity index (χ1) is 7.62. The Kier molecular flexibility index (Phi) is 5.01. The van der Waals surface area contributed by atoms with Crippen molar-refractivity contribution in [1.29, 1.82) is 0 Å². The first-order valence-corrected chi connectivity index (χ1v) is 6.37. The molecule has 1 atom stereocenters. The molecule has 1 unspecified atom stereocenters. The summed E-state index contributed by atoms with van der Waals surface area (Å²) in [7, 11) is 2.07. The van der Waals surface area contributed by atoms with Crippen LogP contribution in [0.4, 0.5) is 0 Å². The van der Waals surface area contributed by atoms with Crippen LogP contribution in [0.25, 0.3) is 0 Å². The Balaban J connectivity index is 3.02. The van der Waals surface area contributed by atoms with E-state index >= 15 is 0 Å². The predicted octanol–water partition coefficient (Wildman–Crippen LogP) is 4.00. The molecule has 0 fully saturated rings. The molecular formula is C15H25N. The minimum absolute atomic E-state index is 0.494. The minimum atomic E-state index is 0.494. The van der Waals surface area contributed by atoms with Gasteiger partial charge in [-0.05, 0) is 32.4 Å². The van der Waals surface area contributed by atoms with Crippen molar-refractivity contribution >= 4 is 0 Å². The SMILES string of the molecule is CCC(CC)C(NC)c1cc(C)cc(C)c1. The first kappa shape index (κ1) is 13.2. The van der Waals surface area contributed by atoms with Gasteiger partial charge in [-0.2, -0.15) is 0 Å². The van der Waals surface area contributed by atoms with E-state index in [1.165, 1.54) is 29.5 Å². The van der Waals surface area contributed by atoms with Gasteiger partial charge in [0.25, 0.3) is 0 Å². The third kappa shape index (κ3) is 3.08. The normalized spacial score (nSPS) is 13.1. The fourth-order valence-corrected chi connectivity index (χ4v) is 2.62. The third-order valence-corrected chi connectivity index (χ3v) is 3.43. The van der Waals surface area contributed by atoms with E-state index in [1.54, 1.807) is 0 Å². The van der Waals surface area contributed by atoms with Crippen molar-refractivity contribution in [3.8, 4) is 0 Å². The van der Waals surface area contributed by atoms with E-state index in [2.05, 4.69) is 58.3 Å². The van der Waals surface area contributed by atoms with Crippen molar-refractivity contribution in [2.45, 2.75) is 46.6 Å². The maximum absolute atomic E-state index is 3.47. The molecule has 0 aliphatic heterocycles. The Morgan fingerprint density at radius 1 is 1.00 bits per heavy atom. The van der Waals surface area contributed by atoms with Crippen molar-refractivity contribution in [2.75, 3.05) is 7.05 Å². The summed E-state index contributed by atoms with van der Waals surface area (Å²) in [6.45, 7) is 8.91. The molecule has 0 heterocycles. The van der Waals surface area contributed by atoms with Crippen LogP contribution in [0.5, 0.6) is 0 Å². The molecule has 0 amide bonds. The molecule has 0 aliphatic rings. The second-order valence-corrected chi connectivity index (χ2v) is 4.76. The standard InChI is InChI=1S/C15H25N/c1-6-13(7-2)15(16-5)14-9-11(3)8-12(4)10-14/h8-10,13,15-16H,6-7H2,1-5H3. The van der Waals surface area contributed by atoms with E-state index in [4.69, 9.17) is 0 Å². The summed E-state index contributed by atoms with van der Waals surface area (Å²) in [6, 6.07) is 7.36. The average molecular weight is 219 g/mol. The topological polar surface area (TPSA) is 12.0 Å². The summed E-state index contributed by atoms with van der Waals surface area (Å²) in [5, 5.41) is 3.47. The zero-order valence-corrected chi connectivity index (χ0v) is 11.3. The molecule has 1 N–H and O–H groups in total. The van der Waals surface area contributed by atoms with Crippen LogP contribution < -0.4 is 5.32 Å². The minimum Gasteiger partial charge on any atom is -0.313 e. The smallest absolute Gasteiger partial charge is 0.0346 e. The van der Waals surface area contributed by atoms with Gasteiger partial charge in [0.1, 0.15) is 0 Å². The van der Waals surface area contributed by atoms with E-state index in [1.807, 2.05) is 0 Å². The Hall–Kier alpha value is -0.820. The van der Waals surface area contributed by atoms with Crippen molar-refractivity contribution in [3.05, 3.63) is 34.9 Å². The van der Waals surface area contributed by atoms with Crippen molar-refractivity contribution in [3.63, 3.8) is 0 Å². The first-order valence-electron chi connectivity index (χ1n) is 6.37. The van der Waals surface area contributed by atoms with Gasteiger partial charge >= 0.3 is 0 Å². The zero-order chi connectivity index (χ0) is 12.1. The summed E-state index contributed by atoms with van der Waals surface area (Å²) in [5.41, 5.74) is 4.16. The molecule has 1 rings (SSSR count). The molecule has 1 aromatic carbocycles. The summed E-state index contributed by atoms with van der Waals surface area (Å²) in [4.78, 5) is 0. The molecule has 0 bridgehead atoms. The lowest BCUT2D eigenvalue weighted by atomic mass is 9.87. The maximum atomic E-state index is 3.47. The van der Waals surface area contributed by atoms with Crippen molar-refractivity contribution < 1.29 is 0 Å². The third-order valence-electron chi connectivity index (χ3n) is 3.43. The fraction of sp³-hybridized carbons (Fsp3) is 0.600. The molecule has 0 saturated heterocycles. The van der Waals surface area contributed by atoms with Crippen LogP contribution in [0.2, 0.25) is 0 Å². The van der Waals surface area contributed by atoms with E-state index in [0.29, 0.717) is 6.04 Å². The summed E-state index contributed by atoms with van der Waals surface area (Å²) >= 11 is 0. The molecule has 1 nitrogen and oxygen atoms in total. The molecule has 1 heteroatoms. The van der Waals surface area contributed by atoms with Gasteiger partial charge in [0.05, 0.1) is 0 Å². The van der Waals surface area contributed by atoms with Crippen molar-refractivity contribution in [1.82, 2.24) is 5.32 Å². The van der Waals surface area contributed by atoms with Gasteiger partial charge in [0, 0.05) is 6.04 Å². The second kappa shape index (κ2) is 6.05. The Morgan fingerprint density at radius 2 is 1.50 bits per heavy atom. The summed E-state index contributed by atoms with van der Waals surface area (Å²) in [5.74, 6) is 0.728. The lowest BCUT2D eigenvalue weighted by Crippen LogP contribution is -2.24. The zero-order valence-electron chi connectivity index (χ0n) is 11.3. The maximum Gasteiger partial charge on any atom is 0.0346 e. The van der Waals surface area contributed by atoms with Crippen LogP contribution in [0.1, 0.15) is 49.4 Å². The Bertz CT molecular complexity index is 306. The van der Waals surface area contributed by atoms with Crippen LogP contribution in [0.3, 0.4) is 0 Å². The Morgan fingerprint density at radius 3 is 1.88 bits per heavy atom. The van der Waals surface area contributed by atoms with Crippen LogP contribution in [0.15, 0.2) is 18.2 Å². The number of nitrogens with one attached hydrogen (secondary N) is 1. The quantitative estimate of drug-likeness (QED) is 0.789. The number of benzene rings is 1. The Labute approximate surface area is 100 Å². The molecular weight excluding hydrogens is 194 g/mol. The van der Waals surface area contributed by atoms with Gasteiger partial charge in [0.15, 0.2) is 0 Å². The molecule has 0 radical (unpaired) electrons. The van der Waals surface area contributed by atoms with E-state index < -0.39 is 0 Å². The summed E-state index contributed by atoms with van der Waals surface area (Å²) in [6.07, 6.45) is 2.46. The number of hydrogen-bond donors (Lipinski definition) is 1. The molecule has 0 spiro atoms. The van der Waals surface area contributed by atoms with Gasteiger partial charge in [-0.15, -0.1) is 0 Å². The molecule has 90 valence electrons. The predicted molar refractivity (Wildman–Crippen MR) is 71.8 cm³/mol. The second-order valence-electron chi connectivity index (χ2n) is 4.76. The summed E-state index contributed by atoms with van der Waals surface area (Å²) < 4.78 is 0. The number of rotatable bonds is 5. The lowest BCUT2D eigenvalue weighted by molar-refractivity contribution is 0.359. The highest BCUT2D eigenvalue weighted by Gasteiger charge is 2.18. The highest BCUT2D eigenvalue weighted by atomic mass is 14.9. The monoisotopic (exact) mass is 219 g/mol. The van der Waals surface area contributed by atoms with Gasteiger partial charge in [-0.25, -0.2) is 0 Å². The van der Waals surface area contributed by atoms with Crippen LogP contribution in [0, 0.1) is 19.8 Å². The number of hydrogen-bond acceptors (Lipinski definition) is 1. The molecule has 0 saturated carbocycles. The molecule has 0 aromatic heterocycles. The van der Waals surface area contributed by atoms with Gasteiger partial charge in [0.2, 0.25) is 0 Å².